The first kappa shape index (κ1) is 12.0. The van der Waals surface area contributed by atoms with Crippen molar-refractivity contribution in [1.82, 2.24) is 5.32 Å². The van der Waals surface area contributed by atoms with E-state index in [0.717, 1.165) is 5.57 Å². The van der Waals surface area contributed by atoms with Crippen LogP contribution in [0.4, 0.5) is 4.79 Å². The van der Waals surface area contributed by atoms with Crippen LogP contribution in [0, 0.1) is 0 Å². The van der Waals surface area contributed by atoms with Crippen molar-refractivity contribution in [3.05, 3.63) is 12.2 Å². The van der Waals surface area contributed by atoms with Crippen LogP contribution < -0.4 is 5.32 Å². The number of carbonyl (C=O) groups is 1. The third-order valence-electron chi connectivity index (χ3n) is 1.59. The van der Waals surface area contributed by atoms with Crippen LogP contribution in [-0.4, -0.2) is 32.5 Å². The number of amides is 1. The predicted molar refractivity (Wildman–Crippen MR) is 50.6 cm³/mol. The lowest BCUT2D eigenvalue weighted by Crippen LogP contribution is -2.34. The van der Waals surface area contributed by atoms with Gasteiger partial charge in [-0.1, -0.05) is 12.2 Å². The van der Waals surface area contributed by atoms with Gasteiger partial charge >= 0.3 is 6.09 Å². The Bertz CT molecular complexity index is 180. The van der Waals surface area contributed by atoms with Gasteiger partial charge in [-0.2, -0.15) is 0 Å². The van der Waals surface area contributed by atoms with Crippen molar-refractivity contribution in [3.63, 3.8) is 0 Å². The smallest absolute Gasteiger partial charge is 0.407 e. The molecule has 13 heavy (non-hydrogen) atoms. The van der Waals surface area contributed by atoms with E-state index in [1.54, 1.807) is 7.11 Å². The molecule has 0 rings (SSSR count). The normalized spacial score (nSPS) is 11.9. The van der Waals surface area contributed by atoms with Gasteiger partial charge in [0.05, 0.1) is 12.6 Å². The standard InChI is InChI=1S/C9H17NO3/c1-7(2)8(3)10-9(11)13-6-5-12-4/h8H,1,5-6H2,2-4H3,(H,10,11). The van der Waals surface area contributed by atoms with E-state index in [2.05, 4.69) is 11.9 Å². The molecular formula is C9H17NO3. The first-order chi connectivity index (χ1) is 6.07. The summed E-state index contributed by atoms with van der Waals surface area (Å²) >= 11 is 0. The lowest BCUT2D eigenvalue weighted by Gasteiger charge is -2.13. The van der Waals surface area contributed by atoms with E-state index in [0.29, 0.717) is 6.61 Å². The molecular weight excluding hydrogens is 170 g/mol. The highest BCUT2D eigenvalue weighted by molar-refractivity contribution is 5.67. The van der Waals surface area contributed by atoms with Crippen molar-refractivity contribution in [3.8, 4) is 0 Å². The van der Waals surface area contributed by atoms with Gasteiger partial charge < -0.3 is 14.8 Å². The highest BCUT2D eigenvalue weighted by Gasteiger charge is 2.07. The fraction of sp³-hybridized carbons (Fsp3) is 0.667. The first-order valence-electron chi connectivity index (χ1n) is 4.15. The predicted octanol–water partition coefficient (Wildman–Crippen LogP) is 1.32. The van der Waals surface area contributed by atoms with Gasteiger partial charge in [0.15, 0.2) is 0 Å². The second kappa shape index (κ2) is 6.48. The number of ether oxygens (including phenoxy) is 2. The van der Waals surface area contributed by atoms with Gasteiger partial charge in [0.2, 0.25) is 0 Å². The SMILES string of the molecule is C=C(C)C(C)NC(=O)OCCOC. The Kier molecular flexibility index (Phi) is 5.97. The van der Waals surface area contributed by atoms with Crippen molar-refractivity contribution >= 4 is 6.09 Å². The Morgan fingerprint density at radius 3 is 2.62 bits per heavy atom. The third kappa shape index (κ3) is 6.16. The second-order valence-electron chi connectivity index (χ2n) is 2.84. The first-order valence-corrected chi connectivity index (χ1v) is 4.15. The summed E-state index contributed by atoms with van der Waals surface area (Å²) < 4.78 is 9.51. The third-order valence-corrected chi connectivity index (χ3v) is 1.59. The van der Waals surface area contributed by atoms with Gasteiger partial charge in [-0.3, -0.25) is 0 Å². The lowest BCUT2D eigenvalue weighted by atomic mass is 10.2. The van der Waals surface area contributed by atoms with Crippen LogP contribution in [0.2, 0.25) is 0 Å². The van der Waals surface area contributed by atoms with E-state index < -0.39 is 6.09 Å². The fourth-order valence-electron chi connectivity index (χ4n) is 0.559. The van der Waals surface area contributed by atoms with E-state index in [4.69, 9.17) is 9.47 Å². The van der Waals surface area contributed by atoms with Crippen LogP contribution >= 0.6 is 0 Å². The van der Waals surface area contributed by atoms with Crippen molar-refractivity contribution in [2.24, 2.45) is 0 Å². The molecule has 0 saturated carbocycles. The van der Waals surface area contributed by atoms with E-state index >= 15 is 0 Å². The summed E-state index contributed by atoms with van der Waals surface area (Å²) in [4.78, 5) is 11.0. The summed E-state index contributed by atoms with van der Waals surface area (Å²) in [6.45, 7) is 8.08. The Labute approximate surface area is 78.9 Å². The van der Waals surface area contributed by atoms with Crippen molar-refractivity contribution in [1.29, 1.82) is 0 Å². The van der Waals surface area contributed by atoms with E-state index in [1.807, 2.05) is 13.8 Å². The summed E-state index contributed by atoms with van der Waals surface area (Å²) in [5.41, 5.74) is 0.892. The Morgan fingerprint density at radius 2 is 2.15 bits per heavy atom. The zero-order chi connectivity index (χ0) is 10.3. The number of alkyl carbamates (subject to hydrolysis) is 1. The summed E-state index contributed by atoms with van der Waals surface area (Å²) in [5.74, 6) is 0. The largest absolute Gasteiger partial charge is 0.447 e. The molecule has 0 heterocycles. The molecule has 76 valence electrons. The maximum atomic E-state index is 11.0. The molecule has 0 aromatic rings. The average molecular weight is 187 g/mol. The monoisotopic (exact) mass is 187 g/mol. The summed E-state index contributed by atoms with van der Waals surface area (Å²) in [5, 5.41) is 2.62. The molecule has 4 nitrogen and oxygen atoms in total. The molecule has 1 N–H and O–H groups in total. The molecule has 0 spiro atoms. The molecule has 0 saturated heterocycles. The minimum atomic E-state index is -0.437. The van der Waals surface area contributed by atoms with Gasteiger partial charge in [0, 0.05) is 7.11 Å². The molecule has 0 aliphatic carbocycles. The molecule has 0 radical (unpaired) electrons. The van der Waals surface area contributed by atoms with Crippen LogP contribution in [0.25, 0.3) is 0 Å². The van der Waals surface area contributed by atoms with Gasteiger partial charge in [-0.15, -0.1) is 0 Å². The van der Waals surface area contributed by atoms with E-state index in [-0.39, 0.29) is 12.6 Å². The number of rotatable bonds is 5. The zero-order valence-corrected chi connectivity index (χ0v) is 8.42. The van der Waals surface area contributed by atoms with Crippen LogP contribution in [0.1, 0.15) is 13.8 Å². The number of hydrogen-bond donors (Lipinski definition) is 1. The van der Waals surface area contributed by atoms with Crippen LogP contribution in [0.5, 0.6) is 0 Å². The molecule has 1 unspecified atom stereocenters. The van der Waals surface area contributed by atoms with Crippen LogP contribution in [0.15, 0.2) is 12.2 Å². The summed E-state index contributed by atoms with van der Waals surface area (Å²) in [6.07, 6.45) is -0.437. The van der Waals surface area contributed by atoms with Gasteiger partial charge in [0.1, 0.15) is 6.61 Å². The molecule has 4 heteroatoms. The lowest BCUT2D eigenvalue weighted by molar-refractivity contribution is 0.0975. The quantitative estimate of drug-likeness (QED) is 0.521. The van der Waals surface area contributed by atoms with E-state index in [1.165, 1.54) is 0 Å². The number of carbonyl (C=O) groups excluding carboxylic acids is 1. The van der Waals surface area contributed by atoms with Crippen LogP contribution in [0.3, 0.4) is 0 Å². The van der Waals surface area contributed by atoms with E-state index in [9.17, 15) is 4.79 Å². The summed E-state index contributed by atoms with van der Waals surface area (Å²) in [6, 6.07) is -0.0601. The topological polar surface area (TPSA) is 47.6 Å². The Balaban J connectivity index is 3.56. The molecule has 0 fully saturated rings. The highest BCUT2D eigenvalue weighted by Crippen LogP contribution is 1.96. The highest BCUT2D eigenvalue weighted by atomic mass is 16.6. The number of hydrogen-bond acceptors (Lipinski definition) is 3. The average Bonchev–Trinajstić information content (AvgIpc) is 2.04. The van der Waals surface area contributed by atoms with Gasteiger partial charge in [-0.25, -0.2) is 4.79 Å². The maximum Gasteiger partial charge on any atom is 0.407 e. The van der Waals surface area contributed by atoms with Crippen molar-refractivity contribution in [2.45, 2.75) is 19.9 Å². The van der Waals surface area contributed by atoms with Gasteiger partial charge in [-0.05, 0) is 13.8 Å². The molecule has 0 aliphatic heterocycles. The molecule has 0 aromatic heterocycles. The van der Waals surface area contributed by atoms with Crippen molar-refractivity contribution in [2.75, 3.05) is 20.3 Å². The van der Waals surface area contributed by atoms with Gasteiger partial charge in [0.25, 0.3) is 0 Å². The minimum absolute atomic E-state index is 0.0601. The second-order valence-corrected chi connectivity index (χ2v) is 2.84. The molecule has 0 aromatic carbocycles. The van der Waals surface area contributed by atoms with Crippen molar-refractivity contribution < 1.29 is 14.3 Å². The zero-order valence-electron chi connectivity index (χ0n) is 8.42. The fourth-order valence-corrected chi connectivity index (χ4v) is 0.559. The Morgan fingerprint density at radius 1 is 1.54 bits per heavy atom. The van der Waals surface area contributed by atoms with Crippen LogP contribution in [-0.2, 0) is 9.47 Å². The number of methoxy groups -OCH3 is 1. The number of nitrogens with one attached hydrogen (secondary N) is 1. The molecule has 0 aliphatic rings. The molecule has 0 bridgehead atoms. The summed E-state index contributed by atoms with van der Waals surface area (Å²) in [7, 11) is 1.55. The maximum absolute atomic E-state index is 11.0. The molecule has 1 amide bonds. The molecule has 1 atom stereocenters. The Hall–Kier alpha value is -1.03. The minimum Gasteiger partial charge on any atom is -0.447 e.